The maximum Gasteiger partial charge on any atom is 0.317 e. The number of esters is 1. The highest BCUT2D eigenvalue weighted by Gasteiger charge is 2.72. The summed E-state index contributed by atoms with van der Waals surface area (Å²) in [6.45, 7) is 10.9. The van der Waals surface area contributed by atoms with Crippen molar-refractivity contribution in [2.75, 3.05) is 19.8 Å². The van der Waals surface area contributed by atoms with Gasteiger partial charge in [0.05, 0.1) is 37.4 Å². The molecule has 3 aliphatic heterocycles. The average Bonchev–Trinajstić information content (AvgIpc) is 3.27. The number of hydrogen-bond acceptors (Lipinski definition) is 19. The smallest absolute Gasteiger partial charge is 0.317 e. The minimum absolute atomic E-state index is 0.0256. The van der Waals surface area contributed by atoms with Gasteiger partial charge in [0.1, 0.15) is 72.6 Å². The van der Waals surface area contributed by atoms with E-state index < -0.39 is 156 Å². The van der Waals surface area contributed by atoms with Crippen molar-refractivity contribution in [1.82, 2.24) is 0 Å². The summed E-state index contributed by atoms with van der Waals surface area (Å²) < 4.78 is 35.2. The molecule has 20 heteroatoms. The number of hydrogen-bond donors (Lipinski definition) is 12. The molecule has 0 bridgehead atoms. The Kier molecular flexibility index (Phi) is 13.8. The Balaban J connectivity index is 1.04. The molecule has 4 saturated carbocycles. The van der Waals surface area contributed by atoms with Gasteiger partial charge in [0.15, 0.2) is 12.6 Å². The summed E-state index contributed by atoms with van der Waals surface area (Å²) in [6, 6.07) is 0. The third-order valence-corrected chi connectivity index (χ3v) is 19.2. The number of carbonyl (C=O) groups excluding carboxylic acids is 1. The van der Waals surface area contributed by atoms with Gasteiger partial charge in [-0.25, -0.2) is 0 Å². The molecule has 5 aliphatic carbocycles. The van der Waals surface area contributed by atoms with Crippen molar-refractivity contribution in [1.29, 1.82) is 0 Å². The molecule has 8 rings (SSSR count). The van der Waals surface area contributed by atoms with E-state index in [0.29, 0.717) is 25.7 Å². The van der Waals surface area contributed by atoms with Crippen LogP contribution in [0, 0.1) is 50.2 Å². The maximum atomic E-state index is 14.7. The standard InChI is InChI=1S/C47H74O20/c1-42(2)25-9-12-45(5)26(44(25,4)11-10-28(42)65-37-35(58)36(22(50)19-62-37)66-38-33(56)31(54)29(52)23(17-48)63-38)8-7-20-21-15-43(3,40(59)60)13-14-47(21,27(51)16-46(20,45)6)41(61)67-39-34(57)32(55)30(53)24(18-49)64-39/h7,21-39,48-58H,8-19H2,1-6H3,(H,59,60). The number of ether oxygens (including phenoxy) is 6. The van der Waals surface area contributed by atoms with Crippen LogP contribution in [-0.2, 0) is 38.0 Å². The summed E-state index contributed by atoms with van der Waals surface area (Å²) in [5.41, 5.74) is -3.96. The third kappa shape index (κ3) is 7.78. The fourth-order valence-electron chi connectivity index (χ4n) is 14.9. The highest BCUT2D eigenvalue weighted by Crippen LogP contribution is 2.76. The van der Waals surface area contributed by atoms with Crippen molar-refractivity contribution in [3.05, 3.63) is 11.6 Å². The molecule has 8 aliphatic rings. The van der Waals surface area contributed by atoms with Crippen molar-refractivity contribution in [2.45, 2.75) is 198 Å². The Hall–Kier alpha value is -1.96. The highest BCUT2D eigenvalue weighted by atomic mass is 16.7. The van der Waals surface area contributed by atoms with Gasteiger partial charge < -0.3 is 89.7 Å². The monoisotopic (exact) mass is 958 g/mol. The van der Waals surface area contributed by atoms with E-state index in [0.717, 1.165) is 12.0 Å². The summed E-state index contributed by atoms with van der Waals surface area (Å²) in [5, 5.41) is 128. The minimum Gasteiger partial charge on any atom is -0.481 e. The molecule has 0 aromatic rings. The molecule has 20 nitrogen and oxygen atoms in total. The van der Waals surface area contributed by atoms with E-state index in [4.69, 9.17) is 28.4 Å². The third-order valence-electron chi connectivity index (χ3n) is 19.2. The van der Waals surface area contributed by atoms with Crippen molar-refractivity contribution in [2.24, 2.45) is 50.2 Å². The van der Waals surface area contributed by atoms with E-state index >= 15 is 0 Å². The van der Waals surface area contributed by atoms with Crippen molar-refractivity contribution in [3.8, 4) is 0 Å². The van der Waals surface area contributed by atoms with Crippen molar-refractivity contribution in [3.63, 3.8) is 0 Å². The number of aliphatic hydroxyl groups excluding tert-OH is 11. The summed E-state index contributed by atoms with van der Waals surface area (Å²) in [7, 11) is 0. The second kappa shape index (κ2) is 18.0. The Bertz CT molecular complexity index is 1880. The number of fused-ring (bicyclic) bond motifs is 7. The molecule has 382 valence electrons. The zero-order valence-corrected chi connectivity index (χ0v) is 39.2. The first-order valence-corrected chi connectivity index (χ1v) is 24.0. The van der Waals surface area contributed by atoms with Crippen LogP contribution in [0.4, 0.5) is 0 Å². The quantitative estimate of drug-likeness (QED) is 0.0735. The van der Waals surface area contributed by atoms with Gasteiger partial charge in [-0.1, -0.05) is 46.3 Å². The number of carbonyl (C=O) groups is 2. The van der Waals surface area contributed by atoms with Gasteiger partial charge >= 0.3 is 11.9 Å². The van der Waals surface area contributed by atoms with Crippen LogP contribution in [0.25, 0.3) is 0 Å². The van der Waals surface area contributed by atoms with Crippen molar-refractivity contribution < 1.29 is 99.3 Å². The van der Waals surface area contributed by atoms with Crippen LogP contribution in [0.2, 0.25) is 0 Å². The van der Waals surface area contributed by atoms with E-state index in [9.17, 15) is 70.9 Å². The van der Waals surface area contributed by atoms with Crippen LogP contribution in [0.1, 0.15) is 99.3 Å². The van der Waals surface area contributed by atoms with Crippen LogP contribution in [-0.4, -0.2) is 191 Å². The summed E-state index contributed by atoms with van der Waals surface area (Å²) in [4.78, 5) is 27.6. The lowest BCUT2D eigenvalue weighted by Crippen LogP contribution is -2.68. The van der Waals surface area contributed by atoms with Gasteiger partial charge in [0.2, 0.25) is 6.29 Å². The Morgan fingerprint density at radius 1 is 0.687 bits per heavy atom. The SMILES string of the molecule is CC1(C(=O)O)CCC2(C(=O)OC3OC(CO)C(O)C(O)C3O)C(O)CC3(C)C(=CCC4C5(C)CCC(OC6OCC(O)C(OC7OC(CO)C(O)C(O)C7O)C6O)C(C)(C)C5CCC43C)C2C1. The molecule has 24 atom stereocenters. The average molecular weight is 959 g/mol. The summed E-state index contributed by atoms with van der Waals surface area (Å²) >= 11 is 0. The first-order valence-electron chi connectivity index (χ1n) is 24.0. The van der Waals surface area contributed by atoms with E-state index in [1.54, 1.807) is 6.92 Å². The second-order valence-corrected chi connectivity index (χ2v) is 22.8. The van der Waals surface area contributed by atoms with E-state index in [1.807, 2.05) is 0 Å². The zero-order valence-electron chi connectivity index (χ0n) is 39.2. The van der Waals surface area contributed by atoms with Gasteiger partial charge in [0, 0.05) is 5.92 Å². The fourth-order valence-corrected chi connectivity index (χ4v) is 14.9. The second-order valence-electron chi connectivity index (χ2n) is 22.8. The first kappa shape index (κ1) is 51.4. The lowest BCUT2D eigenvalue weighted by Gasteiger charge is -2.71. The molecule has 12 N–H and O–H groups in total. The van der Waals surface area contributed by atoms with Crippen LogP contribution in [0.5, 0.6) is 0 Å². The Morgan fingerprint density at radius 2 is 1.30 bits per heavy atom. The number of carboxylic acids is 1. The highest BCUT2D eigenvalue weighted by molar-refractivity contribution is 5.81. The first-order chi connectivity index (χ1) is 31.3. The number of carboxylic acid groups (broad SMARTS) is 1. The van der Waals surface area contributed by atoms with Crippen LogP contribution < -0.4 is 0 Å². The van der Waals surface area contributed by atoms with Gasteiger partial charge in [-0.3, -0.25) is 9.59 Å². The Morgan fingerprint density at radius 3 is 1.91 bits per heavy atom. The molecule has 0 amide bonds. The van der Waals surface area contributed by atoms with E-state index in [2.05, 4.69) is 40.7 Å². The van der Waals surface area contributed by atoms with Gasteiger partial charge in [0.25, 0.3) is 0 Å². The van der Waals surface area contributed by atoms with Crippen LogP contribution in [0.15, 0.2) is 11.6 Å². The molecule has 67 heavy (non-hydrogen) atoms. The van der Waals surface area contributed by atoms with E-state index in [1.165, 1.54) is 0 Å². The Labute approximate surface area is 389 Å². The van der Waals surface area contributed by atoms with E-state index in [-0.39, 0.29) is 49.5 Å². The lowest BCUT2D eigenvalue weighted by atomic mass is 9.33. The van der Waals surface area contributed by atoms with Crippen LogP contribution >= 0.6 is 0 Å². The predicted molar refractivity (Wildman–Crippen MR) is 228 cm³/mol. The fraction of sp³-hybridized carbons (Fsp3) is 0.915. The number of aliphatic hydroxyl groups is 11. The van der Waals surface area contributed by atoms with Crippen molar-refractivity contribution >= 4 is 11.9 Å². The molecular weight excluding hydrogens is 884 g/mol. The molecular formula is C47H74O20. The molecule has 24 unspecified atom stereocenters. The summed E-state index contributed by atoms with van der Waals surface area (Å²) in [6.07, 6.45) is -18.1. The minimum atomic E-state index is -1.87. The number of allylic oxidation sites excluding steroid dienone is 2. The number of aliphatic carboxylic acids is 1. The molecule has 3 saturated heterocycles. The predicted octanol–water partition coefficient (Wildman–Crippen LogP) is -1.18. The molecule has 0 radical (unpaired) electrons. The van der Waals surface area contributed by atoms with Gasteiger partial charge in [-0.05, 0) is 98.2 Å². The van der Waals surface area contributed by atoms with Gasteiger partial charge in [-0.2, -0.15) is 0 Å². The molecule has 7 fully saturated rings. The topological polar surface area (TPSA) is 332 Å². The molecule has 0 aromatic carbocycles. The maximum absolute atomic E-state index is 14.7. The summed E-state index contributed by atoms with van der Waals surface area (Å²) in [5.74, 6) is -2.59. The molecule has 3 heterocycles. The molecule has 0 aromatic heterocycles. The van der Waals surface area contributed by atoms with Crippen LogP contribution in [0.3, 0.4) is 0 Å². The van der Waals surface area contributed by atoms with Gasteiger partial charge in [-0.15, -0.1) is 0 Å². The normalized spacial score (nSPS) is 54.0. The zero-order chi connectivity index (χ0) is 49.1. The lowest BCUT2D eigenvalue weighted by molar-refractivity contribution is -0.357. The number of rotatable bonds is 9. The molecule has 0 spiro atoms. The largest absolute Gasteiger partial charge is 0.481 e.